The summed E-state index contributed by atoms with van der Waals surface area (Å²) in [4.78, 5) is 5.54. The van der Waals surface area contributed by atoms with Gasteiger partial charge in [-0.05, 0) is 46.9 Å². The molecule has 2 aromatic heterocycles. The average molecular weight is 413 g/mol. The van der Waals surface area contributed by atoms with Gasteiger partial charge in [0.1, 0.15) is 11.4 Å². The Bertz CT molecular complexity index is 733. The molecule has 1 N–H and O–H groups in total. The minimum atomic E-state index is 0.417. The van der Waals surface area contributed by atoms with Crippen molar-refractivity contribution < 1.29 is 4.74 Å². The zero-order valence-electron chi connectivity index (χ0n) is 11.8. The Balaban J connectivity index is 1.91. The van der Waals surface area contributed by atoms with Gasteiger partial charge < -0.3 is 10.1 Å². The zero-order chi connectivity index (χ0) is 14.8. The Labute approximate surface area is 141 Å². The summed E-state index contributed by atoms with van der Waals surface area (Å²) in [6, 6.07) is 8.41. The molecule has 1 aromatic carbocycles. The zero-order valence-corrected chi connectivity index (χ0v) is 14.8. The molecule has 0 fully saturated rings. The van der Waals surface area contributed by atoms with E-state index in [1.165, 1.54) is 3.57 Å². The second-order valence-electron chi connectivity index (χ2n) is 5.01. The summed E-state index contributed by atoms with van der Waals surface area (Å²) in [6.07, 6.45) is 2.03. The van der Waals surface area contributed by atoms with Crippen LogP contribution in [0, 0.1) is 3.57 Å². The maximum Gasteiger partial charge on any atom is 0.243 e. The highest BCUT2D eigenvalue weighted by Crippen LogP contribution is 2.28. The van der Waals surface area contributed by atoms with Crippen LogP contribution < -0.4 is 10.1 Å². The number of hydrogen-bond acceptors (Lipinski definition) is 4. The van der Waals surface area contributed by atoms with Gasteiger partial charge in [0.2, 0.25) is 5.88 Å². The highest BCUT2D eigenvalue weighted by Gasteiger charge is 2.15. The lowest BCUT2D eigenvalue weighted by atomic mass is 10.3. The van der Waals surface area contributed by atoms with Crippen LogP contribution in [0.15, 0.2) is 35.8 Å². The molecule has 0 radical (unpaired) electrons. The number of nitrogens with zero attached hydrogens (tertiary/aromatic N) is 2. The van der Waals surface area contributed by atoms with Gasteiger partial charge in [-0.25, -0.2) is 0 Å². The van der Waals surface area contributed by atoms with Gasteiger partial charge in [-0.1, -0.05) is 13.8 Å². The molecule has 0 aliphatic rings. The molecule has 0 saturated heterocycles. The van der Waals surface area contributed by atoms with Crippen molar-refractivity contribution in [2.45, 2.75) is 26.4 Å². The van der Waals surface area contributed by atoms with Crippen LogP contribution in [0.4, 0.5) is 0 Å². The van der Waals surface area contributed by atoms with Crippen LogP contribution in [0.5, 0.6) is 11.6 Å². The molecular weight excluding hydrogens is 397 g/mol. The van der Waals surface area contributed by atoms with Crippen molar-refractivity contribution in [3.63, 3.8) is 0 Å². The topological polar surface area (TPSA) is 38.6 Å². The first-order valence-corrected chi connectivity index (χ1v) is 8.70. The summed E-state index contributed by atoms with van der Waals surface area (Å²) in [6.45, 7) is 4.99. The number of ether oxygens (including phenoxy) is 1. The minimum Gasteiger partial charge on any atom is -0.437 e. The molecule has 0 amide bonds. The van der Waals surface area contributed by atoms with E-state index < -0.39 is 0 Å². The number of nitrogens with one attached hydrogen (secondary N) is 1. The lowest BCUT2D eigenvalue weighted by Crippen LogP contribution is -2.22. The van der Waals surface area contributed by atoms with E-state index >= 15 is 0 Å². The van der Waals surface area contributed by atoms with E-state index in [1.807, 2.05) is 35.8 Å². The van der Waals surface area contributed by atoms with E-state index in [9.17, 15) is 0 Å². The van der Waals surface area contributed by atoms with Crippen molar-refractivity contribution in [1.82, 2.24) is 14.7 Å². The van der Waals surface area contributed by atoms with Crippen molar-refractivity contribution in [2.24, 2.45) is 0 Å². The minimum absolute atomic E-state index is 0.417. The number of halogens is 1. The standard InChI is InChI=1S/C15H16IN3OS/c1-10(2)17-9-13-14(18-15-19(13)7-8-21-15)20-12-5-3-11(16)4-6-12/h3-8,10,17H,9H2,1-2H3. The van der Waals surface area contributed by atoms with Gasteiger partial charge >= 0.3 is 0 Å². The van der Waals surface area contributed by atoms with Crippen LogP contribution in [0.1, 0.15) is 19.5 Å². The van der Waals surface area contributed by atoms with E-state index in [-0.39, 0.29) is 0 Å². The summed E-state index contributed by atoms with van der Waals surface area (Å²) in [5.74, 6) is 1.49. The molecule has 0 saturated carbocycles. The molecular formula is C15H16IN3OS. The van der Waals surface area contributed by atoms with Gasteiger partial charge in [-0.2, -0.15) is 4.98 Å². The van der Waals surface area contributed by atoms with Crippen LogP contribution in [-0.4, -0.2) is 15.4 Å². The molecule has 0 bridgehead atoms. The van der Waals surface area contributed by atoms with Crippen LogP contribution in [0.2, 0.25) is 0 Å². The van der Waals surface area contributed by atoms with Gasteiger partial charge in [-0.15, -0.1) is 11.3 Å². The third kappa shape index (κ3) is 3.38. The summed E-state index contributed by atoms with van der Waals surface area (Å²) in [5.41, 5.74) is 1.05. The monoisotopic (exact) mass is 413 g/mol. The number of rotatable bonds is 5. The van der Waals surface area contributed by atoms with Crippen molar-refractivity contribution in [3.05, 3.63) is 45.1 Å². The molecule has 0 unspecified atom stereocenters. The predicted octanol–water partition coefficient (Wildman–Crippen LogP) is 4.29. The van der Waals surface area contributed by atoms with E-state index in [1.54, 1.807) is 11.3 Å². The summed E-state index contributed by atoms with van der Waals surface area (Å²) < 4.78 is 9.24. The smallest absolute Gasteiger partial charge is 0.243 e. The highest BCUT2D eigenvalue weighted by atomic mass is 127. The maximum atomic E-state index is 5.97. The van der Waals surface area contributed by atoms with E-state index in [0.29, 0.717) is 11.9 Å². The Morgan fingerprint density at radius 2 is 2.10 bits per heavy atom. The highest BCUT2D eigenvalue weighted by molar-refractivity contribution is 14.1. The molecule has 0 atom stereocenters. The van der Waals surface area contributed by atoms with Crippen LogP contribution in [0.3, 0.4) is 0 Å². The fourth-order valence-corrected chi connectivity index (χ4v) is 3.05. The van der Waals surface area contributed by atoms with Crippen LogP contribution >= 0.6 is 33.9 Å². The Morgan fingerprint density at radius 3 is 2.81 bits per heavy atom. The third-order valence-electron chi connectivity index (χ3n) is 3.03. The Hall–Kier alpha value is -1.12. The van der Waals surface area contributed by atoms with Gasteiger partial charge in [0.15, 0.2) is 4.96 Å². The second kappa shape index (κ2) is 6.33. The van der Waals surface area contributed by atoms with E-state index in [2.05, 4.69) is 51.1 Å². The maximum absolute atomic E-state index is 5.97. The first-order valence-electron chi connectivity index (χ1n) is 6.74. The number of fused-ring (bicyclic) bond motifs is 1. The first kappa shape index (κ1) is 14.8. The molecule has 2 heterocycles. The fraction of sp³-hybridized carbons (Fsp3) is 0.267. The van der Waals surface area contributed by atoms with Crippen molar-refractivity contribution >= 4 is 38.9 Å². The molecule has 21 heavy (non-hydrogen) atoms. The second-order valence-corrected chi connectivity index (χ2v) is 7.13. The first-order chi connectivity index (χ1) is 10.1. The molecule has 0 aliphatic heterocycles. The largest absolute Gasteiger partial charge is 0.437 e. The Morgan fingerprint density at radius 1 is 1.33 bits per heavy atom. The molecule has 0 spiro atoms. The molecule has 0 aliphatic carbocycles. The molecule has 3 aromatic rings. The van der Waals surface area contributed by atoms with E-state index in [0.717, 1.165) is 22.9 Å². The Kier molecular flexibility index (Phi) is 4.46. The summed E-state index contributed by atoms with van der Waals surface area (Å²) in [5, 5.41) is 5.47. The number of hydrogen-bond donors (Lipinski definition) is 1. The van der Waals surface area contributed by atoms with Crippen molar-refractivity contribution in [3.8, 4) is 11.6 Å². The normalized spacial score (nSPS) is 11.4. The third-order valence-corrected chi connectivity index (χ3v) is 4.51. The fourth-order valence-electron chi connectivity index (χ4n) is 1.97. The van der Waals surface area contributed by atoms with Crippen LogP contribution in [0.25, 0.3) is 4.96 Å². The average Bonchev–Trinajstić information content (AvgIpc) is 3.00. The van der Waals surface area contributed by atoms with Crippen molar-refractivity contribution in [2.75, 3.05) is 0 Å². The predicted molar refractivity (Wildman–Crippen MR) is 94.3 cm³/mol. The van der Waals surface area contributed by atoms with Gasteiger partial charge in [0.25, 0.3) is 0 Å². The SMILES string of the molecule is CC(C)NCc1c(Oc2ccc(I)cc2)nc2sccn12. The van der Waals surface area contributed by atoms with Gasteiger partial charge in [0, 0.05) is 27.7 Å². The number of benzene rings is 1. The van der Waals surface area contributed by atoms with E-state index in [4.69, 9.17) is 4.74 Å². The number of imidazole rings is 1. The quantitative estimate of drug-likeness (QED) is 0.635. The molecule has 6 heteroatoms. The van der Waals surface area contributed by atoms with Gasteiger partial charge in [0.05, 0.1) is 0 Å². The number of aromatic nitrogens is 2. The lowest BCUT2D eigenvalue weighted by molar-refractivity contribution is 0.452. The number of thiazole rings is 1. The molecule has 4 nitrogen and oxygen atoms in total. The van der Waals surface area contributed by atoms with Gasteiger partial charge in [-0.3, -0.25) is 4.40 Å². The molecule has 3 rings (SSSR count). The van der Waals surface area contributed by atoms with Crippen LogP contribution in [-0.2, 0) is 6.54 Å². The summed E-state index contributed by atoms with van der Waals surface area (Å²) >= 11 is 3.89. The lowest BCUT2D eigenvalue weighted by Gasteiger charge is -2.09. The summed E-state index contributed by atoms with van der Waals surface area (Å²) in [7, 11) is 0. The molecule has 110 valence electrons. The van der Waals surface area contributed by atoms with Crippen molar-refractivity contribution in [1.29, 1.82) is 0 Å².